The fraction of sp³-hybridized carbons (Fsp3) is 0.472. The molecule has 2 aromatic carbocycles. The highest BCUT2D eigenvalue weighted by Crippen LogP contribution is 2.46. The van der Waals surface area contributed by atoms with Crippen LogP contribution in [0.1, 0.15) is 76.7 Å². The lowest BCUT2D eigenvalue weighted by Gasteiger charge is -2.49. The molecule has 4 N–H and O–H groups in total. The Morgan fingerprint density at radius 2 is 1.60 bits per heavy atom. The van der Waals surface area contributed by atoms with Crippen molar-refractivity contribution < 1.29 is 14.7 Å². The van der Waals surface area contributed by atoms with Gasteiger partial charge in [0.25, 0.3) is 0 Å². The van der Waals surface area contributed by atoms with E-state index in [2.05, 4.69) is 34.6 Å². The molecule has 7 nitrogen and oxygen atoms in total. The van der Waals surface area contributed by atoms with Gasteiger partial charge in [-0.15, -0.1) is 0 Å². The monoisotopic (exact) mass is 580 g/mol. The minimum Gasteiger partial charge on any atom is -0.390 e. The van der Waals surface area contributed by atoms with E-state index in [1.54, 1.807) is 0 Å². The van der Waals surface area contributed by atoms with E-state index in [0.717, 1.165) is 66.3 Å². The van der Waals surface area contributed by atoms with Crippen molar-refractivity contribution in [2.75, 3.05) is 12.4 Å². The van der Waals surface area contributed by atoms with E-state index < -0.39 is 11.1 Å². The molecule has 1 heterocycles. The van der Waals surface area contributed by atoms with Gasteiger partial charge in [-0.1, -0.05) is 61.0 Å². The molecule has 43 heavy (non-hydrogen) atoms. The Bertz CT molecular complexity index is 1450. The third kappa shape index (κ3) is 6.38. The zero-order valence-electron chi connectivity index (χ0n) is 25.4. The maximum atomic E-state index is 13.1. The molecular formula is C36H44N4O3. The molecule has 0 spiro atoms. The van der Waals surface area contributed by atoms with Gasteiger partial charge in [0.05, 0.1) is 5.60 Å². The van der Waals surface area contributed by atoms with Crippen molar-refractivity contribution in [3.63, 3.8) is 0 Å². The third-order valence-electron chi connectivity index (χ3n) is 10.1. The van der Waals surface area contributed by atoms with Gasteiger partial charge in [-0.25, -0.2) is 4.98 Å². The maximum absolute atomic E-state index is 13.1. The van der Waals surface area contributed by atoms with Crippen LogP contribution in [0.2, 0.25) is 0 Å². The molecule has 0 unspecified atom stereocenters. The van der Waals surface area contributed by atoms with E-state index in [0.29, 0.717) is 42.9 Å². The Hall–Kier alpha value is -3.55. The lowest BCUT2D eigenvalue weighted by atomic mass is 9.63. The number of aliphatic hydroxyl groups is 1. The summed E-state index contributed by atoms with van der Waals surface area (Å²) in [4.78, 5) is 32.4. The summed E-state index contributed by atoms with van der Waals surface area (Å²) in [5.41, 5.74) is 10.4. The van der Waals surface area contributed by atoms with Crippen LogP contribution in [0.5, 0.6) is 0 Å². The number of rotatable bonds is 8. The molecule has 0 saturated heterocycles. The largest absolute Gasteiger partial charge is 0.390 e. The fourth-order valence-corrected chi connectivity index (χ4v) is 7.42. The van der Waals surface area contributed by atoms with Crippen LogP contribution < -0.4 is 11.1 Å². The van der Waals surface area contributed by atoms with Gasteiger partial charge < -0.3 is 21.1 Å². The van der Waals surface area contributed by atoms with Gasteiger partial charge in [-0.05, 0) is 92.5 Å². The smallest absolute Gasteiger partial charge is 0.225 e. The zero-order chi connectivity index (χ0) is 30.2. The molecule has 3 aliphatic carbocycles. The zero-order valence-corrected chi connectivity index (χ0v) is 25.4. The molecule has 3 fully saturated rings. The lowest BCUT2D eigenvalue weighted by molar-refractivity contribution is -0.139. The quantitative estimate of drug-likeness (QED) is 0.291. The normalized spacial score (nSPS) is 27.1. The molecule has 0 aliphatic heterocycles. The van der Waals surface area contributed by atoms with Crippen molar-refractivity contribution in [3.05, 3.63) is 72.4 Å². The molecule has 3 saturated carbocycles. The number of carbonyl (C=O) groups is 2. The maximum Gasteiger partial charge on any atom is 0.225 e. The van der Waals surface area contributed by atoms with Crippen molar-refractivity contribution >= 4 is 17.6 Å². The summed E-state index contributed by atoms with van der Waals surface area (Å²) in [5.74, 6) is 1.39. The van der Waals surface area contributed by atoms with Crippen molar-refractivity contribution in [2.45, 2.75) is 88.3 Å². The Kier molecular flexibility index (Phi) is 8.14. The first-order valence-corrected chi connectivity index (χ1v) is 15.8. The molecule has 226 valence electrons. The Balaban J connectivity index is 1.12. The number of nitrogens with one attached hydrogen (secondary N) is 1. The summed E-state index contributed by atoms with van der Waals surface area (Å²) in [5, 5.41) is 13.3. The molecule has 0 radical (unpaired) electrons. The van der Waals surface area contributed by atoms with Crippen molar-refractivity contribution in [1.29, 1.82) is 0 Å². The van der Waals surface area contributed by atoms with Gasteiger partial charge in [-0.2, -0.15) is 0 Å². The molecule has 2 amide bonds. The van der Waals surface area contributed by atoms with Crippen molar-refractivity contribution in [3.8, 4) is 22.3 Å². The number of hydrogen-bond donors (Lipinski definition) is 3. The first-order valence-electron chi connectivity index (χ1n) is 15.8. The highest BCUT2D eigenvalue weighted by atomic mass is 16.3. The Labute approximate surface area is 254 Å². The number of benzene rings is 2. The van der Waals surface area contributed by atoms with E-state index in [9.17, 15) is 14.7 Å². The van der Waals surface area contributed by atoms with Crippen LogP contribution in [-0.2, 0) is 15.1 Å². The second-order valence-electron chi connectivity index (χ2n) is 13.6. The third-order valence-corrected chi connectivity index (χ3v) is 10.1. The number of hydrogen-bond acceptors (Lipinski definition) is 5. The summed E-state index contributed by atoms with van der Waals surface area (Å²) in [6.07, 6.45) is 10.5. The molecule has 3 aromatic rings. The van der Waals surface area contributed by atoms with Gasteiger partial charge in [0.15, 0.2) is 0 Å². The predicted molar refractivity (Wildman–Crippen MR) is 170 cm³/mol. The summed E-state index contributed by atoms with van der Waals surface area (Å²) >= 11 is 0. The van der Waals surface area contributed by atoms with Crippen LogP contribution in [-0.4, -0.2) is 45.5 Å². The van der Waals surface area contributed by atoms with Crippen LogP contribution >= 0.6 is 0 Å². The second kappa shape index (κ2) is 11.9. The van der Waals surface area contributed by atoms with Crippen LogP contribution in [0.15, 0.2) is 66.9 Å². The van der Waals surface area contributed by atoms with E-state index >= 15 is 0 Å². The number of nitrogens with zero attached hydrogens (tertiary/aromatic N) is 2. The topological polar surface area (TPSA) is 109 Å². The van der Waals surface area contributed by atoms with Crippen LogP contribution in [0.25, 0.3) is 22.3 Å². The minimum absolute atomic E-state index is 0.0180. The molecule has 0 bridgehead atoms. The van der Waals surface area contributed by atoms with Crippen LogP contribution in [0.4, 0.5) is 5.82 Å². The van der Waals surface area contributed by atoms with Crippen molar-refractivity contribution in [2.24, 2.45) is 17.6 Å². The minimum atomic E-state index is -0.705. The highest BCUT2D eigenvalue weighted by Gasteiger charge is 2.49. The number of amides is 2. The number of pyridine rings is 1. The first kappa shape index (κ1) is 29.5. The average Bonchev–Trinajstić information content (AvgIpc) is 2.96. The van der Waals surface area contributed by atoms with Gasteiger partial charge in [0.1, 0.15) is 5.82 Å². The summed E-state index contributed by atoms with van der Waals surface area (Å²) in [6.45, 7) is 1.83. The van der Waals surface area contributed by atoms with Gasteiger partial charge in [-0.3, -0.25) is 9.59 Å². The highest BCUT2D eigenvalue weighted by molar-refractivity contribution is 5.92. The van der Waals surface area contributed by atoms with E-state index in [4.69, 9.17) is 5.73 Å². The fourth-order valence-electron chi connectivity index (χ4n) is 7.42. The SMILES string of the molecule is CN(C(=O)C1CCC1)C1CCC(CC(=O)Nc2cc(-c3ccccc3)c(-c3ccc([C@]4(N)C[C@](C)(O)C4)cc3)cn2)CC1. The molecule has 7 heteroatoms. The summed E-state index contributed by atoms with van der Waals surface area (Å²) in [7, 11) is 1.96. The van der Waals surface area contributed by atoms with Crippen molar-refractivity contribution in [1.82, 2.24) is 9.88 Å². The average molecular weight is 581 g/mol. The first-order chi connectivity index (χ1) is 20.6. The Morgan fingerprint density at radius 3 is 2.21 bits per heavy atom. The van der Waals surface area contributed by atoms with E-state index in [1.165, 1.54) is 6.42 Å². The van der Waals surface area contributed by atoms with E-state index in [-0.39, 0.29) is 11.8 Å². The number of anilines is 1. The number of carbonyl (C=O) groups excluding carboxylic acids is 2. The standard InChI is InChI=1S/C36H44N4O3/c1-35(43)22-36(37,23-35)28-15-13-26(14-16-28)31-21-38-32(20-30(31)25-7-4-3-5-8-25)39-33(41)19-24-11-17-29(18-12-24)40(2)34(42)27-9-6-10-27/h3-5,7-8,13-16,20-21,24,27,29,43H,6,9-12,17-19,22-23,37H2,1-2H3,(H,38,39,41)/t24?,29?,35-,36-. The van der Waals surface area contributed by atoms with Gasteiger partial charge in [0, 0.05) is 42.7 Å². The molecule has 1 aromatic heterocycles. The van der Waals surface area contributed by atoms with Crippen LogP contribution in [0.3, 0.4) is 0 Å². The predicted octanol–water partition coefficient (Wildman–Crippen LogP) is 6.26. The number of nitrogens with two attached hydrogens (primary N) is 1. The lowest BCUT2D eigenvalue weighted by Crippen LogP contribution is -2.58. The molecule has 0 atom stereocenters. The molecular weight excluding hydrogens is 536 g/mol. The molecule has 6 rings (SSSR count). The molecule has 3 aliphatic rings. The Morgan fingerprint density at radius 1 is 0.953 bits per heavy atom. The van der Waals surface area contributed by atoms with Gasteiger partial charge >= 0.3 is 0 Å². The van der Waals surface area contributed by atoms with Crippen LogP contribution in [0, 0.1) is 11.8 Å². The number of aromatic nitrogens is 1. The summed E-state index contributed by atoms with van der Waals surface area (Å²) < 4.78 is 0. The second-order valence-corrected chi connectivity index (χ2v) is 13.6. The van der Waals surface area contributed by atoms with Gasteiger partial charge in [0.2, 0.25) is 11.8 Å². The van der Waals surface area contributed by atoms with E-state index in [1.807, 2.05) is 61.5 Å². The summed E-state index contributed by atoms with van der Waals surface area (Å²) in [6, 6.07) is 20.6.